The standard InChI is InChI=1S/C12H18F3N3/c1-11(2,7-16)8-18(3)10-5-4-9(6-17-10)12(13,14)15/h4-6H,7-8,16H2,1-3H3. The number of aromatic nitrogens is 1. The van der Waals surface area contributed by atoms with Crippen LogP contribution in [0.25, 0.3) is 0 Å². The Bertz CT molecular complexity index is 385. The SMILES string of the molecule is CN(CC(C)(C)CN)c1ccc(C(F)(F)F)cn1. The minimum atomic E-state index is -4.35. The highest BCUT2D eigenvalue weighted by molar-refractivity contribution is 5.39. The Morgan fingerprint density at radius 3 is 2.28 bits per heavy atom. The largest absolute Gasteiger partial charge is 0.417 e. The lowest BCUT2D eigenvalue weighted by atomic mass is 9.93. The van der Waals surface area contributed by atoms with E-state index < -0.39 is 11.7 Å². The van der Waals surface area contributed by atoms with Crippen molar-refractivity contribution in [3.05, 3.63) is 23.9 Å². The van der Waals surface area contributed by atoms with Crippen molar-refractivity contribution in [3.8, 4) is 0 Å². The van der Waals surface area contributed by atoms with Crippen molar-refractivity contribution in [1.82, 2.24) is 4.98 Å². The van der Waals surface area contributed by atoms with Crippen LogP contribution in [0.15, 0.2) is 18.3 Å². The topological polar surface area (TPSA) is 42.1 Å². The Labute approximate surface area is 105 Å². The Kier molecular flexibility index (Phi) is 4.21. The van der Waals surface area contributed by atoms with E-state index in [9.17, 15) is 13.2 Å². The Morgan fingerprint density at radius 1 is 1.28 bits per heavy atom. The van der Waals surface area contributed by atoms with E-state index in [-0.39, 0.29) is 5.41 Å². The second-order valence-corrected chi connectivity index (χ2v) is 5.13. The van der Waals surface area contributed by atoms with E-state index in [1.54, 1.807) is 11.9 Å². The number of anilines is 1. The molecule has 0 aliphatic heterocycles. The first-order valence-electron chi connectivity index (χ1n) is 5.60. The van der Waals surface area contributed by atoms with Crippen LogP contribution in [0.4, 0.5) is 19.0 Å². The summed E-state index contributed by atoms with van der Waals surface area (Å²) < 4.78 is 37.1. The van der Waals surface area contributed by atoms with Crippen molar-refractivity contribution in [1.29, 1.82) is 0 Å². The number of rotatable bonds is 4. The highest BCUT2D eigenvalue weighted by Crippen LogP contribution is 2.29. The molecule has 6 heteroatoms. The molecule has 0 saturated carbocycles. The highest BCUT2D eigenvalue weighted by atomic mass is 19.4. The normalized spacial score (nSPS) is 12.6. The Hall–Kier alpha value is -1.30. The van der Waals surface area contributed by atoms with Gasteiger partial charge in [-0.2, -0.15) is 13.2 Å². The van der Waals surface area contributed by atoms with Crippen LogP contribution in [0.5, 0.6) is 0 Å². The molecule has 1 heterocycles. The summed E-state index contributed by atoms with van der Waals surface area (Å²) in [6.07, 6.45) is -3.50. The van der Waals surface area contributed by atoms with Gasteiger partial charge in [-0.25, -0.2) is 4.98 Å². The second-order valence-electron chi connectivity index (χ2n) is 5.13. The molecular formula is C12H18F3N3. The van der Waals surface area contributed by atoms with Crippen LogP contribution in [0.1, 0.15) is 19.4 Å². The quantitative estimate of drug-likeness (QED) is 0.905. The van der Waals surface area contributed by atoms with Gasteiger partial charge in [0.15, 0.2) is 0 Å². The van der Waals surface area contributed by atoms with Crippen LogP contribution in [0.2, 0.25) is 0 Å². The van der Waals surface area contributed by atoms with Gasteiger partial charge in [-0.15, -0.1) is 0 Å². The lowest BCUT2D eigenvalue weighted by Gasteiger charge is -2.29. The third-order valence-corrected chi connectivity index (χ3v) is 2.68. The monoisotopic (exact) mass is 261 g/mol. The van der Waals surface area contributed by atoms with Crippen LogP contribution in [-0.2, 0) is 6.18 Å². The maximum absolute atomic E-state index is 12.4. The predicted octanol–water partition coefficient (Wildman–Crippen LogP) is 2.52. The molecule has 0 radical (unpaired) electrons. The van der Waals surface area contributed by atoms with Gasteiger partial charge in [0.1, 0.15) is 5.82 Å². The molecule has 0 spiro atoms. The molecule has 2 N–H and O–H groups in total. The van der Waals surface area contributed by atoms with Crippen molar-refractivity contribution >= 4 is 5.82 Å². The molecule has 0 aliphatic rings. The molecule has 1 aromatic heterocycles. The first-order valence-corrected chi connectivity index (χ1v) is 5.60. The first kappa shape index (κ1) is 14.8. The van der Waals surface area contributed by atoms with Crippen molar-refractivity contribution in [2.75, 3.05) is 25.0 Å². The minimum Gasteiger partial charge on any atom is -0.359 e. The molecule has 102 valence electrons. The number of hydrogen-bond donors (Lipinski definition) is 1. The summed E-state index contributed by atoms with van der Waals surface area (Å²) in [5.41, 5.74) is 4.77. The van der Waals surface area contributed by atoms with E-state index in [2.05, 4.69) is 4.98 Å². The molecule has 0 unspecified atom stereocenters. The maximum Gasteiger partial charge on any atom is 0.417 e. The maximum atomic E-state index is 12.4. The van der Waals surface area contributed by atoms with Crippen molar-refractivity contribution < 1.29 is 13.2 Å². The molecule has 1 rings (SSSR count). The molecule has 0 fully saturated rings. The van der Waals surface area contributed by atoms with Crippen LogP contribution < -0.4 is 10.6 Å². The fraction of sp³-hybridized carbons (Fsp3) is 0.583. The molecule has 0 aliphatic carbocycles. The van der Waals surface area contributed by atoms with Crippen molar-refractivity contribution in [2.45, 2.75) is 20.0 Å². The number of nitrogens with two attached hydrogens (primary N) is 1. The van der Waals surface area contributed by atoms with E-state index in [0.29, 0.717) is 18.9 Å². The Balaban J connectivity index is 2.80. The molecule has 3 nitrogen and oxygen atoms in total. The molecule has 0 amide bonds. The molecule has 0 saturated heterocycles. The summed E-state index contributed by atoms with van der Waals surface area (Å²) in [6.45, 7) is 5.11. The number of alkyl halides is 3. The van der Waals surface area contributed by atoms with Crippen LogP contribution >= 0.6 is 0 Å². The van der Waals surface area contributed by atoms with E-state index in [4.69, 9.17) is 5.73 Å². The summed E-state index contributed by atoms with van der Waals surface area (Å²) >= 11 is 0. The molecule has 1 aromatic rings. The van der Waals surface area contributed by atoms with Crippen LogP contribution in [0, 0.1) is 5.41 Å². The number of halogens is 3. The van der Waals surface area contributed by atoms with Gasteiger partial charge in [0, 0.05) is 19.8 Å². The van der Waals surface area contributed by atoms with Gasteiger partial charge in [0.05, 0.1) is 5.56 Å². The van der Waals surface area contributed by atoms with Crippen LogP contribution in [0.3, 0.4) is 0 Å². The fourth-order valence-electron chi connectivity index (χ4n) is 1.57. The summed E-state index contributed by atoms with van der Waals surface area (Å²) in [4.78, 5) is 5.63. The van der Waals surface area contributed by atoms with E-state index in [1.165, 1.54) is 6.07 Å². The van der Waals surface area contributed by atoms with Gasteiger partial charge < -0.3 is 10.6 Å². The number of hydrogen-bond acceptors (Lipinski definition) is 3. The van der Waals surface area contributed by atoms with Gasteiger partial charge in [0.25, 0.3) is 0 Å². The summed E-state index contributed by atoms with van der Waals surface area (Å²) in [5.74, 6) is 0.504. The Morgan fingerprint density at radius 2 is 1.89 bits per heavy atom. The molecule has 0 bridgehead atoms. The third-order valence-electron chi connectivity index (χ3n) is 2.68. The number of nitrogens with zero attached hydrogens (tertiary/aromatic N) is 2. The van der Waals surface area contributed by atoms with Gasteiger partial charge in [-0.1, -0.05) is 13.8 Å². The summed E-state index contributed by atoms with van der Waals surface area (Å²) in [6, 6.07) is 2.41. The lowest BCUT2D eigenvalue weighted by Crippen LogP contribution is -2.37. The van der Waals surface area contributed by atoms with Gasteiger partial charge in [0.2, 0.25) is 0 Å². The van der Waals surface area contributed by atoms with Crippen LogP contribution in [-0.4, -0.2) is 25.1 Å². The zero-order valence-corrected chi connectivity index (χ0v) is 10.8. The smallest absolute Gasteiger partial charge is 0.359 e. The summed E-state index contributed by atoms with van der Waals surface area (Å²) in [5, 5.41) is 0. The summed E-state index contributed by atoms with van der Waals surface area (Å²) in [7, 11) is 1.78. The number of pyridine rings is 1. The fourth-order valence-corrected chi connectivity index (χ4v) is 1.57. The minimum absolute atomic E-state index is 0.112. The predicted molar refractivity (Wildman–Crippen MR) is 65.3 cm³/mol. The zero-order valence-electron chi connectivity index (χ0n) is 10.8. The molecular weight excluding hydrogens is 243 g/mol. The lowest BCUT2D eigenvalue weighted by molar-refractivity contribution is -0.137. The average Bonchev–Trinajstić information content (AvgIpc) is 2.27. The average molecular weight is 261 g/mol. The van der Waals surface area contributed by atoms with Crippen molar-refractivity contribution in [3.63, 3.8) is 0 Å². The van der Waals surface area contributed by atoms with E-state index >= 15 is 0 Å². The van der Waals surface area contributed by atoms with Gasteiger partial charge in [-0.3, -0.25) is 0 Å². The van der Waals surface area contributed by atoms with Gasteiger partial charge >= 0.3 is 6.18 Å². The highest BCUT2D eigenvalue weighted by Gasteiger charge is 2.30. The van der Waals surface area contributed by atoms with Crippen molar-refractivity contribution in [2.24, 2.45) is 11.1 Å². The molecule has 18 heavy (non-hydrogen) atoms. The van der Waals surface area contributed by atoms with Gasteiger partial charge in [-0.05, 0) is 24.1 Å². The molecule has 0 atom stereocenters. The third kappa shape index (κ3) is 3.87. The zero-order chi connectivity index (χ0) is 14.0. The van der Waals surface area contributed by atoms with E-state index in [0.717, 1.165) is 12.3 Å². The van der Waals surface area contributed by atoms with E-state index in [1.807, 2.05) is 13.8 Å². The first-order chi connectivity index (χ1) is 8.15. The second kappa shape index (κ2) is 5.14. The molecule has 0 aromatic carbocycles.